The van der Waals surface area contributed by atoms with Crippen LogP contribution in [0.25, 0.3) is 11.0 Å². The van der Waals surface area contributed by atoms with Crippen molar-refractivity contribution in [1.29, 1.82) is 0 Å². The highest BCUT2D eigenvalue weighted by Crippen LogP contribution is 2.10. The van der Waals surface area contributed by atoms with Crippen molar-refractivity contribution in [3.63, 3.8) is 0 Å². The molecule has 0 spiro atoms. The highest BCUT2D eigenvalue weighted by Gasteiger charge is 2.11. The van der Waals surface area contributed by atoms with Gasteiger partial charge in [0.25, 0.3) is 5.56 Å². The molecular weight excluding hydrogens is 310 g/mol. The second-order valence-electron chi connectivity index (χ2n) is 5.38. The Kier molecular flexibility index (Phi) is 5.88. The van der Waals surface area contributed by atoms with Crippen LogP contribution in [-0.4, -0.2) is 14.5 Å². The van der Waals surface area contributed by atoms with E-state index in [9.17, 15) is 4.79 Å². The van der Waals surface area contributed by atoms with E-state index in [1.807, 2.05) is 42.5 Å². The molecule has 5 heteroatoms. The van der Waals surface area contributed by atoms with Crippen molar-refractivity contribution in [1.82, 2.24) is 14.5 Å². The Hall–Kier alpha value is -2.20. The summed E-state index contributed by atoms with van der Waals surface area (Å²) in [5, 5.41) is 0. The average molecular weight is 330 g/mol. The molecule has 0 radical (unpaired) electrons. The second-order valence-corrected chi connectivity index (χ2v) is 5.38. The van der Waals surface area contributed by atoms with E-state index in [2.05, 4.69) is 16.9 Å². The van der Waals surface area contributed by atoms with E-state index in [4.69, 9.17) is 0 Å². The molecule has 0 aliphatic rings. The zero-order valence-electron chi connectivity index (χ0n) is 13.1. The van der Waals surface area contributed by atoms with E-state index in [0.717, 1.165) is 30.7 Å². The Morgan fingerprint density at radius 1 is 1.09 bits per heavy atom. The number of nitrogens with zero attached hydrogens (tertiary/aromatic N) is 3. The van der Waals surface area contributed by atoms with Gasteiger partial charge in [0, 0.05) is 12.6 Å². The summed E-state index contributed by atoms with van der Waals surface area (Å²) in [6.07, 6.45) is 4.55. The first-order valence-corrected chi connectivity index (χ1v) is 7.68. The number of hydrogen-bond donors (Lipinski definition) is 0. The van der Waals surface area contributed by atoms with E-state index in [1.165, 1.54) is 0 Å². The molecule has 0 amide bonds. The fourth-order valence-electron chi connectivity index (χ4n) is 2.55. The summed E-state index contributed by atoms with van der Waals surface area (Å²) in [6.45, 7) is 2.68. The molecule has 0 aliphatic carbocycles. The number of benzene rings is 1. The molecule has 0 saturated carbocycles. The van der Waals surface area contributed by atoms with Crippen molar-refractivity contribution in [2.45, 2.75) is 32.7 Å². The largest absolute Gasteiger partial charge is 0.290 e. The van der Waals surface area contributed by atoms with E-state index >= 15 is 0 Å². The van der Waals surface area contributed by atoms with Crippen LogP contribution in [0.3, 0.4) is 0 Å². The molecule has 0 unspecified atom stereocenters. The van der Waals surface area contributed by atoms with Crippen molar-refractivity contribution in [2.75, 3.05) is 0 Å². The zero-order valence-corrected chi connectivity index (χ0v) is 13.9. The number of aryl methyl sites for hydroxylation is 1. The van der Waals surface area contributed by atoms with Gasteiger partial charge in [-0.05, 0) is 24.1 Å². The summed E-state index contributed by atoms with van der Waals surface area (Å²) in [4.78, 5) is 21.7. The van der Waals surface area contributed by atoms with Gasteiger partial charge in [-0.15, -0.1) is 12.4 Å². The van der Waals surface area contributed by atoms with E-state index in [-0.39, 0.29) is 18.0 Å². The summed E-state index contributed by atoms with van der Waals surface area (Å²) in [6, 6.07) is 13.7. The van der Waals surface area contributed by atoms with Gasteiger partial charge in [-0.3, -0.25) is 9.36 Å². The van der Waals surface area contributed by atoms with Crippen LogP contribution in [0, 0.1) is 0 Å². The number of aromatic nitrogens is 3. The SMILES string of the molecule is CCCCc1nc2cccnc2c(=O)n1Cc1ccccc1.Cl. The second kappa shape index (κ2) is 7.88. The summed E-state index contributed by atoms with van der Waals surface area (Å²) >= 11 is 0. The van der Waals surface area contributed by atoms with Gasteiger partial charge in [-0.1, -0.05) is 43.7 Å². The smallest absolute Gasteiger partial charge is 0.280 e. The van der Waals surface area contributed by atoms with Gasteiger partial charge in [0.05, 0.1) is 12.1 Å². The third-order valence-corrected chi connectivity index (χ3v) is 3.73. The molecular formula is C18H20ClN3O. The lowest BCUT2D eigenvalue weighted by molar-refractivity contribution is 0.645. The van der Waals surface area contributed by atoms with Gasteiger partial charge in [-0.2, -0.15) is 0 Å². The third-order valence-electron chi connectivity index (χ3n) is 3.73. The number of halogens is 1. The fraction of sp³-hybridized carbons (Fsp3) is 0.278. The van der Waals surface area contributed by atoms with E-state index in [0.29, 0.717) is 17.6 Å². The Labute approximate surface area is 141 Å². The first-order valence-electron chi connectivity index (χ1n) is 7.68. The van der Waals surface area contributed by atoms with Crippen molar-refractivity contribution >= 4 is 23.4 Å². The number of fused-ring (bicyclic) bond motifs is 1. The molecule has 0 saturated heterocycles. The monoisotopic (exact) mass is 329 g/mol. The first kappa shape index (κ1) is 17.2. The first-order chi connectivity index (χ1) is 10.8. The molecule has 23 heavy (non-hydrogen) atoms. The zero-order chi connectivity index (χ0) is 15.4. The normalized spacial score (nSPS) is 10.5. The van der Waals surface area contributed by atoms with Crippen molar-refractivity contribution in [3.8, 4) is 0 Å². The Morgan fingerprint density at radius 3 is 2.61 bits per heavy atom. The predicted octanol–water partition coefficient (Wildman–Crippen LogP) is 3.60. The highest BCUT2D eigenvalue weighted by atomic mass is 35.5. The van der Waals surface area contributed by atoms with Gasteiger partial charge in [-0.25, -0.2) is 9.97 Å². The van der Waals surface area contributed by atoms with Crippen LogP contribution >= 0.6 is 12.4 Å². The minimum atomic E-state index is -0.0550. The summed E-state index contributed by atoms with van der Waals surface area (Å²) in [7, 11) is 0. The molecule has 4 nitrogen and oxygen atoms in total. The molecule has 3 aromatic rings. The Balaban J connectivity index is 0.00000192. The molecule has 0 bridgehead atoms. The van der Waals surface area contributed by atoms with Gasteiger partial charge in [0.15, 0.2) is 5.52 Å². The van der Waals surface area contributed by atoms with Crippen LogP contribution in [0.15, 0.2) is 53.5 Å². The molecule has 0 fully saturated rings. The average Bonchev–Trinajstić information content (AvgIpc) is 2.57. The summed E-state index contributed by atoms with van der Waals surface area (Å²) in [5.74, 6) is 0.844. The molecule has 0 aliphatic heterocycles. The minimum Gasteiger partial charge on any atom is -0.290 e. The van der Waals surface area contributed by atoms with Gasteiger partial charge in [0.1, 0.15) is 5.82 Å². The van der Waals surface area contributed by atoms with Crippen LogP contribution in [0.4, 0.5) is 0 Å². The molecule has 0 atom stereocenters. The van der Waals surface area contributed by atoms with E-state index < -0.39 is 0 Å². The third kappa shape index (κ3) is 3.77. The number of hydrogen-bond acceptors (Lipinski definition) is 3. The molecule has 1 aromatic carbocycles. The highest BCUT2D eigenvalue weighted by molar-refractivity contribution is 5.85. The Morgan fingerprint density at radius 2 is 1.87 bits per heavy atom. The van der Waals surface area contributed by atoms with Crippen LogP contribution < -0.4 is 5.56 Å². The van der Waals surface area contributed by atoms with Crippen LogP contribution in [0.5, 0.6) is 0 Å². The predicted molar refractivity (Wildman–Crippen MR) is 95.2 cm³/mol. The molecule has 3 rings (SSSR count). The van der Waals surface area contributed by atoms with Crippen molar-refractivity contribution in [3.05, 3.63) is 70.4 Å². The van der Waals surface area contributed by atoms with Crippen LogP contribution in [0.2, 0.25) is 0 Å². The lowest BCUT2D eigenvalue weighted by atomic mass is 10.2. The minimum absolute atomic E-state index is 0. The van der Waals surface area contributed by atoms with Crippen LogP contribution in [-0.2, 0) is 13.0 Å². The maximum atomic E-state index is 12.8. The number of rotatable bonds is 5. The molecule has 2 aromatic heterocycles. The standard InChI is InChI=1S/C18H19N3O.ClH/c1-2-3-11-16-20-15-10-7-12-19-17(15)18(22)21(16)13-14-8-5-4-6-9-14;/h4-10,12H,2-3,11,13H2,1H3;1H. The fourth-order valence-corrected chi connectivity index (χ4v) is 2.55. The lowest BCUT2D eigenvalue weighted by Crippen LogP contribution is -2.26. The van der Waals surface area contributed by atoms with E-state index in [1.54, 1.807) is 10.8 Å². The molecule has 0 N–H and O–H groups in total. The van der Waals surface area contributed by atoms with Gasteiger partial charge in [0.2, 0.25) is 0 Å². The topological polar surface area (TPSA) is 47.8 Å². The Bertz CT molecular complexity index is 831. The van der Waals surface area contributed by atoms with Crippen molar-refractivity contribution < 1.29 is 0 Å². The molecule has 120 valence electrons. The summed E-state index contributed by atoms with van der Waals surface area (Å²) < 4.78 is 1.76. The lowest BCUT2D eigenvalue weighted by Gasteiger charge is -2.13. The van der Waals surface area contributed by atoms with Crippen molar-refractivity contribution in [2.24, 2.45) is 0 Å². The van der Waals surface area contributed by atoms with Gasteiger partial charge < -0.3 is 0 Å². The van der Waals surface area contributed by atoms with Gasteiger partial charge >= 0.3 is 0 Å². The quantitative estimate of drug-likeness (QED) is 0.718. The van der Waals surface area contributed by atoms with Crippen LogP contribution in [0.1, 0.15) is 31.2 Å². The number of pyridine rings is 1. The number of unbranched alkanes of at least 4 members (excludes halogenated alkanes) is 1. The maximum Gasteiger partial charge on any atom is 0.280 e. The molecule has 2 heterocycles. The maximum absolute atomic E-state index is 12.8. The summed E-state index contributed by atoms with van der Waals surface area (Å²) in [5.41, 5.74) is 2.17.